The highest BCUT2D eigenvalue weighted by Crippen LogP contribution is 2.48. The van der Waals surface area contributed by atoms with Crippen LogP contribution in [0.4, 0.5) is 34.1 Å². The second-order valence-corrected chi connectivity index (χ2v) is 14.2. The summed E-state index contributed by atoms with van der Waals surface area (Å²) in [7, 11) is 0. The predicted molar refractivity (Wildman–Crippen MR) is 232 cm³/mol. The van der Waals surface area contributed by atoms with E-state index in [4.69, 9.17) is 0 Å². The lowest BCUT2D eigenvalue weighted by atomic mass is 10.0. The summed E-state index contributed by atoms with van der Waals surface area (Å²) in [5, 5.41) is 2.38. The third-order valence-corrected chi connectivity index (χ3v) is 10.5. The number of fused-ring (bicyclic) bond motifs is 1. The molecule has 2 nitrogen and oxygen atoms in total. The van der Waals surface area contributed by atoms with Crippen molar-refractivity contribution in [3.63, 3.8) is 0 Å². The average Bonchev–Trinajstić information content (AvgIpc) is 3.22. The van der Waals surface area contributed by atoms with Crippen molar-refractivity contribution in [3.05, 3.63) is 204 Å². The number of nitrogens with zero attached hydrogens (tertiary/aromatic N) is 2. The van der Waals surface area contributed by atoms with E-state index in [1.165, 1.54) is 55.3 Å². The third-order valence-electron chi connectivity index (χ3n) is 10.5. The maximum atomic E-state index is 2.42. The molecule has 0 aliphatic carbocycles. The molecule has 0 aliphatic rings. The van der Waals surface area contributed by atoms with Crippen LogP contribution in [0.15, 0.2) is 182 Å². The van der Waals surface area contributed by atoms with E-state index in [0.717, 1.165) is 47.0 Å². The largest absolute Gasteiger partial charge is 0.308 e. The fraction of sp³-hybridized carbons (Fsp3) is 0.115. The van der Waals surface area contributed by atoms with Crippen LogP contribution in [-0.4, -0.2) is 0 Å². The number of rotatable bonds is 10. The SMILES string of the molecule is CCc1ccc(-c2ccc(N(c3cccc(C)c3)c3cc4ccccc4cc3N(c3ccc(-c4ccc(CC)cc4)cc3)c3cccc(C)c3)cc2)cc1. The minimum Gasteiger partial charge on any atom is -0.308 e. The van der Waals surface area contributed by atoms with E-state index in [9.17, 15) is 0 Å². The summed E-state index contributed by atoms with van der Waals surface area (Å²) in [6.07, 6.45) is 2.07. The van der Waals surface area contributed by atoms with Gasteiger partial charge in [0.2, 0.25) is 0 Å². The van der Waals surface area contributed by atoms with Crippen LogP contribution in [0.5, 0.6) is 0 Å². The van der Waals surface area contributed by atoms with Crippen molar-refractivity contribution in [2.45, 2.75) is 40.5 Å². The monoisotopic (exact) mass is 698 g/mol. The molecular weight excluding hydrogens is 653 g/mol. The predicted octanol–water partition coefficient (Wildman–Crippen LogP) is 14.9. The Balaban J connectivity index is 1.32. The fourth-order valence-electron chi connectivity index (χ4n) is 7.43. The smallest absolute Gasteiger partial charge is 0.0708 e. The maximum Gasteiger partial charge on any atom is 0.0708 e. The maximum absolute atomic E-state index is 2.42. The number of aryl methyl sites for hydroxylation is 4. The molecule has 0 atom stereocenters. The van der Waals surface area contributed by atoms with E-state index in [1.54, 1.807) is 0 Å². The molecule has 0 aliphatic heterocycles. The van der Waals surface area contributed by atoms with E-state index in [2.05, 4.69) is 219 Å². The quantitative estimate of drug-likeness (QED) is 0.140. The van der Waals surface area contributed by atoms with E-state index < -0.39 is 0 Å². The van der Waals surface area contributed by atoms with E-state index in [1.807, 2.05) is 0 Å². The Bertz CT molecular complexity index is 2330. The van der Waals surface area contributed by atoms with Gasteiger partial charge in [0.05, 0.1) is 11.4 Å². The van der Waals surface area contributed by atoms with Crippen molar-refractivity contribution in [3.8, 4) is 22.3 Å². The van der Waals surface area contributed by atoms with Gasteiger partial charge in [0, 0.05) is 22.7 Å². The Hall–Kier alpha value is -6.38. The highest BCUT2D eigenvalue weighted by Gasteiger charge is 2.24. The van der Waals surface area contributed by atoms with Crippen LogP contribution < -0.4 is 9.80 Å². The molecular formula is C52H46N2. The lowest BCUT2D eigenvalue weighted by Gasteiger charge is -2.34. The van der Waals surface area contributed by atoms with Gasteiger partial charge in [0.25, 0.3) is 0 Å². The van der Waals surface area contributed by atoms with Gasteiger partial charge in [-0.2, -0.15) is 0 Å². The minimum absolute atomic E-state index is 1.04. The molecule has 8 rings (SSSR count). The van der Waals surface area contributed by atoms with Crippen LogP contribution in [0.1, 0.15) is 36.1 Å². The van der Waals surface area contributed by atoms with Crippen molar-refractivity contribution < 1.29 is 0 Å². The van der Waals surface area contributed by atoms with Crippen LogP contribution >= 0.6 is 0 Å². The first-order valence-electron chi connectivity index (χ1n) is 19.1. The molecule has 0 fully saturated rings. The van der Waals surface area contributed by atoms with Gasteiger partial charge in [0.15, 0.2) is 0 Å². The van der Waals surface area contributed by atoms with E-state index in [0.29, 0.717) is 0 Å². The molecule has 264 valence electrons. The van der Waals surface area contributed by atoms with Crippen LogP contribution in [0.2, 0.25) is 0 Å². The van der Waals surface area contributed by atoms with Gasteiger partial charge in [-0.05, 0) is 143 Å². The van der Waals surface area contributed by atoms with Gasteiger partial charge < -0.3 is 9.80 Å². The summed E-state index contributed by atoms with van der Waals surface area (Å²) in [6, 6.07) is 67.0. The van der Waals surface area contributed by atoms with Gasteiger partial charge in [0.1, 0.15) is 0 Å². The Kier molecular flexibility index (Phi) is 9.83. The van der Waals surface area contributed by atoms with Crippen molar-refractivity contribution in [1.82, 2.24) is 0 Å². The number of hydrogen-bond acceptors (Lipinski definition) is 2. The zero-order chi connectivity index (χ0) is 37.0. The molecule has 0 amide bonds. The first kappa shape index (κ1) is 34.7. The highest BCUT2D eigenvalue weighted by molar-refractivity contribution is 6.00. The lowest BCUT2D eigenvalue weighted by Crippen LogP contribution is -2.17. The summed E-state index contributed by atoms with van der Waals surface area (Å²) in [5.74, 6) is 0. The normalized spacial score (nSPS) is 11.1. The van der Waals surface area contributed by atoms with Gasteiger partial charge in [-0.1, -0.05) is 135 Å². The topological polar surface area (TPSA) is 6.48 Å². The number of benzene rings is 8. The van der Waals surface area contributed by atoms with Crippen molar-refractivity contribution in [2.24, 2.45) is 0 Å². The fourth-order valence-corrected chi connectivity index (χ4v) is 7.43. The van der Waals surface area contributed by atoms with Gasteiger partial charge in [-0.25, -0.2) is 0 Å². The Labute approximate surface area is 320 Å². The molecule has 54 heavy (non-hydrogen) atoms. The summed E-state index contributed by atoms with van der Waals surface area (Å²) in [4.78, 5) is 4.84. The zero-order valence-electron chi connectivity index (χ0n) is 31.6. The molecule has 0 heterocycles. The van der Waals surface area contributed by atoms with Crippen molar-refractivity contribution >= 4 is 44.9 Å². The molecule has 0 bridgehead atoms. The van der Waals surface area contributed by atoms with Crippen LogP contribution in [-0.2, 0) is 12.8 Å². The summed E-state index contributed by atoms with van der Waals surface area (Å²) in [6.45, 7) is 8.74. The second kappa shape index (κ2) is 15.3. The van der Waals surface area contributed by atoms with Crippen LogP contribution in [0.25, 0.3) is 33.0 Å². The molecule has 2 heteroatoms. The first-order chi connectivity index (χ1) is 26.5. The second-order valence-electron chi connectivity index (χ2n) is 14.2. The molecule has 0 N–H and O–H groups in total. The molecule has 8 aromatic rings. The van der Waals surface area contributed by atoms with Crippen molar-refractivity contribution in [1.29, 1.82) is 0 Å². The Morgan fingerprint density at radius 2 is 0.685 bits per heavy atom. The minimum atomic E-state index is 1.04. The summed E-state index contributed by atoms with van der Waals surface area (Å²) in [5.41, 5.74) is 16.6. The number of anilines is 6. The van der Waals surface area contributed by atoms with E-state index >= 15 is 0 Å². The third kappa shape index (κ3) is 7.16. The Morgan fingerprint density at radius 3 is 1.02 bits per heavy atom. The zero-order valence-corrected chi connectivity index (χ0v) is 31.6. The molecule has 0 unspecified atom stereocenters. The molecule has 0 radical (unpaired) electrons. The average molecular weight is 699 g/mol. The number of hydrogen-bond donors (Lipinski definition) is 0. The molecule has 0 spiro atoms. The van der Waals surface area contributed by atoms with Crippen molar-refractivity contribution in [2.75, 3.05) is 9.80 Å². The van der Waals surface area contributed by atoms with Crippen LogP contribution in [0, 0.1) is 13.8 Å². The molecule has 0 saturated heterocycles. The van der Waals surface area contributed by atoms with Crippen LogP contribution in [0.3, 0.4) is 0 Å². The van der Waals surface area contributed by atoms with Gasteiger partial charge >= 0.3 is 0 Å². The Morgan fingerprint density at radius 1 is 0.333 bits per heavy atom. The standard InChI is InChI=1S/C52H46N2/c1-5-39-17-21-41(22-18-39)43-25-29-47(30-26-43)53(49-15-9-11-37(3)33-49)51-35-45-13-7-8-14-46(45)36-52(51)54(50-16-10-12-38(4)34-50)48-31-27-44(28-32-48)42-23-19-40(6-2)20-24-42/h7-36H,5-6H2,1-4H3. The van der Waals surface area contributed by atoms with Gasteiger partial charge in [-0.15, -0.1) is 0 Å². The van der Waals surface area contributed by atoms with E-state index in [-0.39, 0.29) is 0 Å². The molecule has 0 saturated carbocycles. The molecule has 8 aromatic carbocycles. The first-order valence-corrected chi connectivity index (χ1v) is 19.1. The summed E-state index contributed by atoms with van der Waals surface area (Å²) >= 11 is 0. The highest BCUT2D eigenvalue weighted by atomic mass is 15.2. The van der Waals surface area contributed by atoms with Gasteiger partial charge in [-0.3, -0.25) is 0 Å². The lowest BCUT2D eigenvalue weighted by molar-refractivity contribution is 1.14. The molecule has 0 aromatic heterocycles. The summed E-state index contributed by atoms with van der Waals surface area (Å²) < 4.78 is 0.